The van der Waals surface area contributed by atoms with Crippen LogP contribution in [0.2, 0.25) is 0 Å². The second-order valence-electron chi connectivity index (χ2n) is 11.1. The summed E-state index contributed by atoms with van der Waals surface area (Å²) in [5, 5.41) is 14.7. The van der Waals surface area contributed by atoms with Crippen molar-refractivity contribution in [3.05, 3.63) is 71.9 Å². The van der Waals surface area contributed by atoms with E-state index in [0.29, 0.717) is 23.2 Å². The Kier molecular flexibility index (Phi) is 7.79. The first-order valence-electron chi connectivity index (χ1n) is 13.7. The Morgan fingerprint density at radius 1 is 1.09 bits per heavy atom. The number of nitrogen functional groups attached to an aromatic ring is 1. The summed E-state index contributed by atoms with van der Waals surface area (Å²) < 4.78 is 41.0. The molecular formula is C30H29F3N8O2. The van der Waals surface area contributed by atoms with Crippen LogP contribution in [0.3, 0.4) is 0 Å². The number of nitrogens with two attached hydrogens (primary N) is 1. The van der Waals surface area contributed by atoms with Gasteiger partial charge in [-0.3, -0.25) is 14.0 Å². The Morgan fingerprint density at radius 3 is 2.53 bits per heavy atom. The summed E-state index contributed by atoms with van der Waals surface area (Å²) >= 11 is 0. The summed E-state index contributed by atoms with van der Waals surface area (Å²) in [5.74, 6) is -0.122. The number of hydrogen-bond donors (Lipinski definition) is 3. The molecule has 3 heterocycles. The Bertz CT molecular complexity index is 1720. The number of nitrogens with one attached hydrogen (secondary N) is 2. The zero-order chi connectivity index (χ0) is 30.9. The Balaban J connectivity index is 1.39. The number of imidazole rings is 1. The fourth-order valence-electron chi connectivity index (χ4n) is 5.19. The van der Waals surface area contributed by atoms with Crippen LogP contribution in [-0.4, -0.2) is 37.2 Å². The minimum Gasteiger partial charge on any atom is -0.382 e. The van der Waals surface area contributed by atoms with E-state index >= 15 is 0 Å². The van der Waals surface area contributed by atoms with Gasteiger partial charge in [-0.2, -0.15) is 18.4 Å². The molecule has 43 heavy (non-hydrogen) atoms. The average Bonchev–Trinajstić information content (AvgIpc) is 3.38. The third-order valence-corrected chi connectivity index (χ3v) is 7.58. The maximum atomic E-state index is 13.0. The van der Waals surface area contributed by atoms with E-state index in [4.69, 9.17) is 10.7 Å². The Morgan fingerprint density at radius 2 is 1.84 bits per heavy atom. The van der Waals surface area contributed by atoms with Crippen LogP contribution in [0.1, 0.15) is 67.2 Å². The van der Waals surface area contributed by atoms with Crippen molar-refractivity contribution >= 4 is 29.0 Å². The number of amides is 2. The molecule has 0 spiro atoms. The molecule has 4 N–H and O–H groups in total. The number of rotatable bonds is 6. The zero-order valence-electron chi connectivity index (χ0n) is 23.4. The minimum atomic E-state index is -4.56. The van der Waals surface area contributed by atoms with Crippen LogP contribution in [0.5, 0.6) is 0 Å². The molecule has 0 unspecified atom stereocenters. The van der Waals surface area contributed by atoms with Crippen LogP contribution < -0.4 is 16.4 Å². The van der Waals surface area contributed by atoms with Crippen molar-refractivity contribution in [3.63, 3.8) is 0 Å². The lowest BCUT2D eigenvalue weighted by Gasteiger charge is -2.30. The van der Waals surface area contributed by atoms with Crippen molar-refractivity contribution in [2.45, 2.75) is 57.7 Å². The number of nitrogens with zero attached hydrogens (tertiary/aromatic N) is 5. The molecule has 3 aromatic heterocycles. The van der Waals surface area contributed by atoms with Gasteiger partial charge in [0.15, 0.2) is 0 Å². The van der Waals surface area contributed by atoms with Gasteiger partial charge in [-0.05, 0) is 57.4 Å². The Labute approximate surface area is 245 Å². The molecule has 1 fully saturated rings. The smallest absolute Gasteiger partial charge is 0.382 e. The van der Waals surface area contributed by atoms with Gasteiger partial charge in [-0.25, -0.2) is 15.0 Å². The molecule has 0 saturated heterocycles. The molecule has 1 aliphatic rings. The maximum absolute atomic E-state index is 13.0. The first-order chi connectivity index (χ1) is 20.4. The summed E-state index contributed by atoms with van der Waals surface area (Å²) in [6, 6.07) is 9.97. The molecule has 10 nitrogen and oxygen atoms in total. The van der Waals surface area contributed by atoms with Crippen LogP contribution in [0.25, 0.3) is 16.8 Å². The maximum Gasteiger partial charge on any atom is 0.416 e. The van der Waals surface area contributed by atoms with Gasteiger partial charge in [0, 0.05) is 41.7 Å². The predicted octanol–water partition coefficient (Wildman–Crippen LogP) is 5.34. The second-order valence-corrected chi connectivity index (χ2v) is 11.1. The van der Waals surface area contributed by atoms with E-state index in [2.05, 4.69) is 20.6 Å². The van der Waals surface area contributed by atoms with Crippen LogP contribution >= 0.6 is 0 Å². The van der Waals surface area contributed by atoms with Crippen molar-refractivity contribution in [1.29, 1.82) is 5.26 Å². The quantitative estimate of drug-likeness (QED) is 0.274. The lowest BCUT2D eigenvalue weighted by molar-refractivity contribution is -0.137. The summed E-state index contributed by atoms with van der Waals surface area (Å²) in [6.07, 6.45) is 2.92. The number of carbonyl (C=O) groups is 2. The Hall–Kier alpha value is -4.99. The highest BCUT2D eigenvalue weighted by atomic mass is 19.4. The van der Waals surface area contributed by atoms with Gasteiger partial charge in [0.1, 0.15) is 34.1 Å². The highest BCUT2D eigenvalue weighted by molar-refractivity contribution is 6.04. The molecule has 0 bridgehead atoms. The number of aromatic nitrogens is 4. The normalized spacial score (nSPS) is 17.3. The lowest BCUT2D eigenvalue weighted by atomic mass is 9.84. The van der Waals surface area contributed by atoms with Crippen molar-refractivity contribution in [3.8, 4) is 17.3 Å². The van der Waals surface area contributed by atoms with E-state index in [1.807, 2.05) is 10.5 Å². The molecule has 1 aliphatic carbocycles. The van der Waals surface area contributed by atoms with Gasteiger partial charge in [-0.15, -0.1) is 0 Å². The number of nitriles is 1. The number of hydrogen-bond acceptors (Lipinski definition) is 7. The number of alkyl halides is 3. The zero-order valence-corrected chi connectivity index (χ0v) is 23.4. The van der Waals surface area contributed by atoms with Crippen LogP contribution in [0.15, 0.2) is 55.0 Å². The van der Waals surface area contributed by atoms with Crippen LogP contribution in [0, 0.1) is 16.7 Å². The third kappa shape index (κ3) is 6.13. The van der Waals surface area contributed by atoms with Crippen molar-refractivity contribution in [1.82, 2.24) is 24.7 Å². The van der Waals surface area contributed by atoms with Gasteiger partial charge in [0.05, 0.1) is 11.6 Å². The lowest BCUT2D eigenvalue weighted by Crippen LogP contribution is -2.44. The standard InChI is InChI=1S/C30H29F3N8O2/c1-29(2,16-34)28(43)38-21-5-3-4-19(14-21)26-40-23(24-25(35)37-12-13-41(24)26)17-6-8-18(9-7-17)27(42)39-22-15-20(10-11-36-22)30(31,32)33/h6-13,15,19,21H,3-5,14H2,1-2H3,(H2,35,37)(H,38,43)(H,36,39,42)/t19-,21-/m1/s1. The largest absolute Gasteiger partial charge is 0.416 e. The molecule has 13 heteroatoms. The molecule has 2 amide bonds. The number of halogens is 3. The van der Waals surface area contributed by atoms with Crippen LogP contribution in [0.4, 0.5) is 24.8 Å². The fourth-order valence-corrected chi connectivity index (χ4v) is 5.19. The SMILES string of the molecule is CC(C)(C#N)C(=O)N[C@@H]1CCC[C@@H](c2nc(-c3ccc(C(=O)Nc4cc(C(F)(F)F)ccn4)cc3)c3c(N)nccn23)C1. The van der Waals surface area contributed by atoms with E-state index < -0.39 is 23.1 Å². The molecule has 0 aliphatic heterocycles. The van der Waals surface area contributed by atoms with E-state index in [1.54, 1.807) is 50.5 Å². The molecule has 4 aromatic rings. The number of fused-ring (bicyclic) bond motifs is 1. The van der Waals surface area contributed by atoms with E-state index in [-0.39, 0.29) is 35.1 Å². The topological polar surface area (TPSA) is 151 Å². The van der Waals surface area contributed by atoms with E-state index in [9.17, 15) is 28.0 Å². The first-order valence-corrected chi connectivity index (χ1v) is 13.7. The monoisotopic (exact) mass is 590 g/mol. The molecular weight excluding hydrogens is 561 g/mol. The summed E-state index contributed by atoms with van der Waals surface area (Å²) in [6.45, 7) is 3.17. The summed E-state index contributed by atoms with van der Waals surface area (Å²) in [7, 11) is 0. The van der Waals surface area contributed by atoms with Crippen LogP contribution in [-0.2, 0) is 11.0 Å². The van der Waals surface area contributed by atoms with Crippen molar-refractivity contribution in [2.75, 3.05) is 11.1 Å². The predicted molar refractivity (Wildman–Crippen MR) is 153 cm³/mol. The number of benzene rings is 1. The highest BCUT2D eigenvalue weighted by Gasteiger charge is 2.33. The average molecular weight is 591 g/mol. The minimum absolute atomic E-state index is 0.00249. The molecule has 0 radical (unpaired) electrons. The fraction of sp³-hybridized carbons (Fsp3) is 0.333. The second kappa shape index (κ2) is 11.4. The molecule has 1 aromatic carbocycles. The van der Waals surface area contributed by atoms with Gasteiger partial charge in [-0.1, -0.05) is 18.6 Å². The van der Waals surface area contributed by atoms with Gasteiger partial charge in [0.2, 0.25) is 5.91 Å². The highest BCUT2D eigenvalue weighted by Crippen LogP contribution is 2.37. The number of pyridine rings is 1. The van der Waals surface area contributed by atoms with Gasteiger partial charge < -0.3 is 16.4 Å². The molecule has 1 saturated carbocycles. The van der Waals surface area contributed by atoms with Gasteiger partial charge in [0.25, 0.3) is 5.91 Å². The summed E-state index contributed by atoms with van der Waals surface area (Å²) in [4.78, 5) is 38.4. The molecule has 2 atom stereocenters. The number of anilines is 2. The van der Waals surface area contributed by atoms with Gasteiger partial charge >= 0.3 is 6.18 Å². The first kappa shape index (κ1) is 29.5. The molecule has 222 valence electrons. The number of carbonyl (C=O) groups excluding carboxylic acids is 2. The van der Waals surface area contributed by atoms with Crippen molar-refractivity contribution in [2.24, 2.45) is 5.41 Å². The third-order valence-electron chi connectivity index (χ3n) is 7.58. The summed E-state index contributed by atoms with van der Waals surface area (Å²) in [5.41, 5.74) is 6.27. The van der Waals surface area contributed by atoms with E-state index in [0.717, 1.165) is 43.4 Å². The van der Waals surface area contributed by atoms with Crippen molar-refractivity contribution < 1.29 is 22.8 Å². The molecule has 5 rings (SSSR count). The van der Waals surface area contributed by atoms with E-state index in [1.165, 1.54) is 0 Å².